The number of pyridine rings is 1. The molecule has 1 fully saturated rings. The molecule has 4 rings (SSSR count). The molecule has 0 radical (unpaired) electrons. The van der Waals surface area contributed by atoms with Crippen LogP contribution in [0.3, 0.4) is 0 Å². The third-order valence-electron chi connectivity index (χ3n) is 5.30. The zero-order valence-corrected chi connectivity index (χ0v) is 19.1. The zero-order valence-electron chi connectivity index (χ0n) is 17.5. The van der Waals surface area contributed by atoms with Crippen LogP contribution in [0.15, 0.2) is 41.6 Å². The number of piperidine rings is 1. The molecule has 1 aliphatic heterocycles. The van der Waals surface area contributed by atoms with Gasteiger partial charge in [0, 0.05) is 37.5 Å². The molecule has 1 amide bonds. The van der Waals surface area contributed by atoms with Gasteiger partial charge in [0.1, 0.15) is 4.90 Å². The Morgan fingerprint density at radius 3 is 2.87 bits per heavy atom. The molecule has 10 heteroatoms. The molecule has 2 N–H and O–H groups in total. The summed E-state index contributed by atoms with van der Waals surface area (Å²) in [6.45, 7) is 6.18. The van der Waals surface area contributed by atoms with E-state index in [-0.39, 0.29) is 16.8 Å². The lowest BCUT2D eigenvalue weighted by Crippen LogP contribution is -2.47. The molecule has 0 bridgehead atoms. The average Bonchev–Trinajstić information content (AvgIpc) is 3.14. The molecule has 3 aromatic rings. The van der Waals surface area contributed by atoms with Crippen LogP contribution in [0.4, 0.5) is 5.13 Å². The summed E-state index contributed by atoms with van der Waals surface area (Å²) >= 11 is 1.37. The fourth-order valence-electron chi connectivity index (χ4n) is 3.76. The summed E-state index contributed by atoms with van der Waals surface area (Å²) < 4.78 is 29.7. The molecule has 164 valence electrons. The molecular weight excluding hydrogens is 434 g/mol. The Bertz CT molecular complexity index is 1210. The largest absolute Gasteiger partial charge is 0.302 e. The van der Waals surface area contributed by atoms with E-state index in [1.165, 1.54) is 24.5 Å². The lowest BCUT2D eigenvalue weighted by atomic mass is 10.1. The van der Waals surface area contributed by atoms with Gasteiger partial charge in [0.05, 0.1) is 10.2 Å². The second-order valence-electron chi connectivity index (χ2n) is 7.65. The minimum atomic E-state index is -3.67. The van der Waals surface area contributed by atoms with Crippen molar-refractivity contribution in [3.63, 3.8) is 0 Å². The highest BCUT2D eigenvalue weighted by atomic mass is 32.2. The lowest BCUT2D eigenvalue weighted by Gasteiger charge is -2.32. The van der Waals surface area contributed by atoms with Crippen LogP contribution in [-0.2, 0) is 14.8 Å². The van der Waals surface area contributed by atoms with Gasteiger partial charge >= 0.3 is 0 Å². The topological polar surface area (TPSA) is 104 Å². The molecule has 1 unspecified atom stereocenters. The Hall–Kier alpha value is -2.40. The van der Waals surface area contributed by atoms with Crippen molar-refractivity contribution in [2.24, 2.45) is 0 Å². The predicted octanol–water partition coefficient (Wildman–Crippen LogP) is 3.08. The number of nitrogens with one attached hydrogen (secondary N) is 2. The van der Waals surface area contributed by atoms with E-state index in [2.05, 4.69) is 31.8 Å². The van der Waals surface area contributed by atoms with E-state index < -0.39 is 10.0 Å². The molecule has 0 spiro atoms. The number of fused-ring (bicyclic) bond motifs is 1. The Kier molecular flexibility index (Phi) is 6.33. The summed E-state index contributed by atoms with van der Waals surface area (Å²) in [7, 11) is -3.67. The first-order valence-corrected chi connectivity index (χ1v) is 12.5. The SMILES string of the molecule is CCN1CCCC(NS(=O)(=O)c2cncc(-c3ccc4nc(NC(C)=O)sc4c3)c2)C1. The quantitative estimate of drug-likeness (QED) is 0.587. The molecule has 8 nitrogen and oxygen atoms in total. The Morgan fingerprint density at radius 1 is 1.26 bits per heavy atom. The highest BCUT2D eigenvalue weighted by Crippen LogP contribution is 2.31. The van der Waals surface area contributed by atoms with Crippen molar-refractivity contribution in [1.29, 1.82) is 0 Å². The van der Waals surface area contributed by atoms with E-state index in [1.54, 1.807) is 12.3 Å². The normalized spacial score (nSPS) is 17.7. The second kappa shape index (κ2) is 8.99. The van der Waals surface area contributed by atoms with E-state index >= 15 is 0 Å². The van der Waals surface area contributed by atoms with E-state index in [1.807, 2.05) is 18.2 Å². The Morgan fingerprint density at radius 2 is 2.10 bits per heavy atom. The van der Waals surface area contributed by atoms with Crippen molar-refractivity contribution in [3.05, 3.63) is 36.7 Å². The third kappa shape index (κ3) is 5.09. The molecule has 0 aliphatic carbocycles. The number of hydrogen-bond donors (Lipinski definition) is 2. The summed E-state index contributed by atoms with van der Waals surface area (Å²) in [5.74, 6) is -0.172. The number of sulfonamides is 1. The molecule has 2 aromatic heterocycles. The van der Waals surface area contributed by atoms with Gasteiger partial charge in [-0.2, -0.15) is 0 Å². The Labute approximate surface area is 185 Å². The van der Waals surface area contributed by atoms with Gasteiger partial charge in [0.25, 0.3) is 0 Å². The summed E-state index contributed by atoms with van der Waals surface area (Å²) in [6, 6.07) is 7.21. The van der Waals surface area contributed by atoms with Gasteiger partial charge in [0.15, 0.2) is 5.13 Å². The first-order chi connectivity index (χ1) is 14.8. The molecule has 1 aromatic carbocycles. The van der Waals surface area contributed by atoms with Crippen LogP contribution in [0.2, 0.25) is 0 Å². The van der Waals surface area contributed by atoms with Gasteiger partial charge in [-0.3, -0.25) is 9.78 Å². The van der Waals surface area contributed by atoms with Crippen LogP contribution in [0, 0.1) is 0 Å². The summed E-state index contributed by atoms with van der Waals surface area (Å²) in [4.78, 5) is 22.2. The first-order valence-electron chi connectivity index (χ1n) is 10.2. The van der Waals surface area contributed by atoms with Crippen LogP contribution in [0.25, 0.3) is 21.3 Å². The number of hydrogen-bond acceptors (Lipinski definition) is 7. The predicted molar refractivity (Wildman–Crippen MR) is 123 cm³/mol. The minimum absolute atomic E-state index is 0.0944. The molecular formula is C21H25N5O3S2. The molecule has 1 atom stereocenters. The number of amides is 1. The molecule has 3 heterocycles. The van der Waals surface area contributed by atoms with E-state index in [9.17, 15) is 13.2 Å². The van der Waals surface area contributed by atoms with Gasteiger partial charge in [-0.05, 0) is 49.7 Å². The molecule has 1 aliphatic rings. The van der Waals surface area contributed by atoms with E-state index in [0.29, 0.717) is 10.7 Å². The fourth-order valence-corrected chi connectivity index (χ4v) is 5.96. The van der Waals surface area contributed by atoms with Crippen molar-refractivity contribution in [1.82, 2.24) is 19.6 Å². The maximum Gasteiger partial charge on any atom is 0.242 e. The van der Waals surface area contributed by atoms with Crippen molar-refractivity contribution in [2.45, 2.75) is 37.6 Å². The van der Waals surface area contributed by atoms with E-state index in [4.69, 9.17) is 0 Å². The number of rotatable bonds is 6. The minimum Gasteiger partial charge on any atom is -0.302 e. The maximum absolute atomic E-state index is 13.0. The van der Waals surface area contributed by atoms with Crippen LogP contribution >= 0.6 is 11.3 Å². The monoisotopic (exact) mass is 459 g/mol. The number of nitrogens with zero attached hydrogens (tertiary/aromatic N) is 3. The highest BCUT2D eigenvalue weighted by Gasteiger charge is 2.25. The second-order valence-corrected chi connectivity index (χ2v) is 10.4. The Balaban J connectivity index is 1.58. The first kappa shape index (κ1) is 21.8. The molecule has 31 heavy (non-hydrogen) atoms. The van der Waals surface area contributed by atoms with Gasteiger partial charge in [-0.15, -0.1) is 0 Å². The third-order valence-corrected chi connectivity index (χ3v) is 7.72. The van der Waals surface area contributed by atoms with Crippen molar-refractivity contribution < 1.29 is 13.2 Å². The van der Waals surface area contributed by atoms with Gasteiger partial charge in [-0.1, -0.05) is 24.3 Å². The zero-order chi connectivity index (χ0) is 22.0. The number of aromatic nitrogens is 2. The number of likely N-dealkylation sites (N-methyl/N-ethyl adjacent to an activating group) is 1. The smallest absolute Gasteiger partial charge is 0.242 e. The fraction of sp³-hybridized carbons (Fsp3) is 0.381. The number of carbonyl (C=O) groups excluding carboxylic acids is 1. The van der Waals surface area contributed by atoms with Gasteiger partial charge in [-0.25, -0.2) is 18.1 Å². The molecule has 0 saturated carbocycles. The number of thiazole rings is 1. The summed E-state index contributed by atoms with van der Waals surface area (Å²) in [6.07, 6.45) is 4.85. The summed E-state index contributed by atoms with van der Waals surface area (Å²) in [5, 5.41) is 3.23. The lowest BCUT2D eigenvalue weighted by molar-refractivity contribution is -0.114. The van der Waals surface area contributed by atoms with E-state index in [0.717, 1.165) is 48.3 Å². The van der Waals surface area contributed by atoms with Crippen LogP contribution in [0.5, 0.6) is 0 Å². The average molecular weight is 460 g/mol. The van der Waals surface area contributed by atoms with Crippen molar-refractivity contribution in [2.75, 3.05) is 25.0 Å². The van der Waals surface area contributed by atoms with Crippen molar-refractivity contribution in [3.8, 4) is 11.1 Å². The number of carbonyl (C=O) groups is 1. The van der Waals surface area contributed by atoms with Gasteiger partial charge < -0.3 is 10.2 Å². The number of benzene rings is 1. The van der Waals surface area contributed by atoms with Crippen LogP contribution in [-0.4, -0.2) is 54.9 Å². The van der Waals surface area contributed by atoms with Crippen molar-refractivity contribution >= 4 is 42.6 Å². The van der Waals surface area contributed by atoms with Crippen LogP contribution < -0.4 is 10.0 Å². The molecule has 1 saturated heterocycles. The maximum atomic E-state index is 13.0. The standard InChI is InChI=1S/C21H25N5O3S2/c1-3-26-8-4-5-17(13-26)25-31(28,29)18-9-16(11-22-12-18)15-6-7-19-20(10-15)30-21(24-19)23-14(2)27/h6-7,9-12,17,25H,3-5,8,13H2,1-2H3,(H,23,24,27). The number of anilines is 1. The summed E-state index contributed by atoms with van der Waals surface area (Å²) in [5.41, 5.74) is 2.32. The van der Waals surface area contributed by atoms with Crippen LogP contribution in [0.1, 0.15) is 26.7 Å². The highest BCUT2D eigenvalue weighted by molar-refractivity contribution is 7.89. The van der Waals surface area contributed by atoms with Gasteiger partial charge in [0.2, 0.25) is 15.9 Å². The number of likely N-dealkylation sites (tertiary alicyclic amines) is 1.